The van der Waals surface area contributed by atoms with Crippen LogP contribution in [0.25, 0.3) is 15.9 Å². The van der Waals surface area contributed by atoms with Gasteiger partial charge in [-0.1, -0.05) is 36.4 Å². The number of fused-ring (bicyclic) bond motifs is 2. The molecule has 9 nitrogen and oxygen atoms in total. The number of aromatic nitrogens is 4. The van der Waals surface area contributed by atoms with E-state index in [0.717, 1.165) is 10.1 Å². The molecule has 4 heterocycles. The number of carbonyl (C=O) groups is 1. The summed E-state index contributed by atoms with van der Waals surface area (Å²) < 4.78 is 4.50. The van der Waals surface area contributed by atoms with Crippen molar-refractivity contribution in [3.05, 3.63) is 115 Å². The fourth-order valence-electron chi connectivity index (χ4n) is 4.11. The number of carbonyl (C=O) groups excluding carboxylic acids is 1. The maximum atomic E-state index is 13.4. The summed E-state index contributed by atoms with van der Waals surface area (Å²) in [5.41, 5.74) is 1.27. The van der Waals surface area contributed by atoms with Gasteiger partial charge < -0.3 is 5.32 Å². The minimum absolute atomic E-state index is 0.0462. The quantitative estimate of drug-likeness (QED) is 0.351. The summed E-state index contributed by atoms with van der Waals surface area (Å²) in [6, 6.07) is 17.9. The van der Waals surface area contributed by atoms with E-state index in [1.54, 1.807) is 35.8 Å². The van der Waals surface area contributed by atoms with E-state index in [9.17, 15) is 19.2 Å². The standard InChI is InChI=1S/C26H23N5O4S/c32-22(27-16-18-7-2-1-3-8-18)10-6-13-30-25(34)24-20(11-14-36-24)31(26(30)35)17-19-15-23(33)29-12-5-4-9-21(29)28-19/h1-5,7-9,11-12,14-15H,6,10,13,16-17H2,(H,27,32). The van der Waals surface area contributed by atoms with Gasteiger partial charge in [0, 0.05) is 31.8 Å². The highest BCUT2D eigenvalue weighted by Gasteiger charge is 2.16. The fourth-order valence-corrected chi connectivity index (χ4v) is 4.95. The predicted octanol–water partition coefficient (Wildman–Crippen LogP) is 2.38. The zero-order valence-electron chi connectivity index (χ0n) is 19.3. The van der Waals surface area contributed by atoms with Crippen molar-refractivity contribution >= 4 is 33.1 Å². The minimum atomic E-state index is -0.495. The molecule has 0 saturated carbocycles. The van der Waals surface area contributed by atoms with Gasteiger partial charge in [-0.25, -0.2) is 9.78 Å². The molecule has 182 valence electrons. The van der Waals surface area contributed by atoms with E-state index >= 15 is 0 Å². The van der Waals surface area contributed by atoms with Gasteiger partial charge in [-0.3, -0.25) is 27.9 Å². The van der Waals surface area contributed by atoms with Crippen LogP contribution in [0.1, 0.15) is 24.1 Å². The van der Waals surface area contributed by atoms with E-state index < -0.39 is 5.69 Å². The zero-order valence-corrected chi connectivity index (χ0v) is 20.1. The second-order valence-electron chi connectivity index (χ2n) is 8.34. The highest BCUT2D eigenvalue weighted by atomic mass is 32.1. The van der Waals surface area contributed by atoms with Crippen LogP contribution in [0, 0.1) is 0 Å². The molecule has 0 aliphatic rings. The molecule has 0 radical (unpaired) electrons. The summed E-state index contributed by atoms with van der Waals surface area (Å²) in [4.78, 5) is 55.7. The van der Waals surface area contributed by atoms with Crippen LogP contribution >= 0.6 is 11.3 Å². The van der Waals surface area contributed by atoms with Gasteiger partial charge in [0.15, 0.2) is 0 Å². The van der Waals surface area contributed by atoms with Crippen molar-refractivity contribution < 1.29 is 4.79 Å². The van der Waals surface area contributed by atoms with Crippen molar-refractivity contribution in [1.82, 2.24) is 23.8 Å². The van der Waals surface area contributed by atoms with E-state index in [-0.39, 0.29) is 36.5 Å². The zero-order chi connectivity index (χ0) is 25.1. The third-order valence-corrected chi connectivity index (χ3v) is 6.79. The Morgan fingerprint density at radius 1 is 0.972 bits per heavy atom. The average molecular weight is 502 g/mol. The molecular weight excluding hydrogens is 478 g/mol. The van der Waals surface area contributed by atoms with Crippen LogP contribution in [0.4, 0.5) is 0 Å². The molecule has 10 heteroatoms. The number of hydrogen-bond acceptors (Lipinski definition) is 6. The summed E-state index contributed by atoms with van der Waals surface area (Å²) in [6.45, 7) is 0.578. The van der Waals surface area contributed by atoms with E-state index in [4.69, 9.17) is 0 Å². The minimum Gasteiger partial charge on any atom is -0.352 e. The molecule has 36 heavy (non-hydrogen) atoms. The molecule has 1 aromatic carbocycles. The smallest absolute Gasteiger partial charge is 0.331 e. The highest BCUT2D eigenvalue weighted by molar-refractivity contribution is 7.17. The average Bonchev–Trinajstić information content (AvgIpc) is 3.38. The van der Waals surface area contributed by atoms with E-state index in [2.05, 4.69) is 10.3 Å². The van der Waals surface area contributed by atoms with Crippen LogP contribution in [-0.2, 0) is 24.4 Å². The summed E-state index contributed by atoms with van der Waals surface area (Å²) in [6.07, 6.45) is 2.15. The predicted molar refractivity (Wildman–Crippen MR) is 138 cm³/mol. The number of hydrogen-bond donors (Lipinski definition) is 1. The normalized spacial score (nSPS) is 11.2. The first-order chi connectivity index (χ1) is 17.5. The number of pyridine rings is 1. The maximum absolute atomic E-state index is 13.4. The summed E-state index contributed by atoms with van der Waals surface area (Å²) in [5, 5.41) is 4.61. The van der Waals surface area contributed by atoms with Crippen molar-refractivity contribution in [1.29, 1.82) is 0 Å². The molecule has 1 N–H and O–H groups in total. The molecule has 5 aromatic rings. The third kappa shape index (κ3) is 4.76. The molecule has 0 fully saturated rings. The number of benzene rings is 1. The van der Waals surface area contributed by atoms with Gasteiger partial charge in [0.2, 0.25) is 5.91 Å². The maximum Gasteiger partial charge on any atom is 0.331 e. The van der Waals surface area contributed by atoms with E-state index in [1.807, 2.05) is 30.3 Å². The van der Waals surface area contributed by atoms with E-state index in [1.165, 1.54) is 26.4 Å². The van der Waals surface area contributed by atoms with Gasteiger partial charge in [-0.15, -0.1) is 11.3 Å². The lowest BCUT2D eigenvalue weighted by Gasteiger charge is -2.12. The van der Waals surface area contributed by atoms with Crippen molar-refractivity contribution in [2.75, 3.05) is 0 Å². The second kappa shape index (κ2) is 10.1. The van der Waals surface area contributed by atoms with Gasteiger partial charge in [0.1, 0.15) is 10.3 Å². The molecule has 0 aliphatic heterocycles. The largest absolute Gasteiger partial charge is 0.352 e. The van der Waals surface area contributed by atoms with Gasteiger partial charge >= 0.3 is 5.69 Å². The van der Waals surface area contributed by atoms with Crippen molar-refractivity contribution in [2.45, 2.75) is 32.5 Å². The van der Waals surface area contributed by atoms with Crippen LogP contribution in [0.3, 0.4) is 0 Å². The van der Waals surface area contributed by atoms with Crippen LogP contribution in [0.15, 0.2) is 86.6 Å². The molecule has 0 atom stereocenters. The number of rotatable bonds is 8. The second-order valence-corrected chi connectivity index (χ2v) is 9.26. The van der Waals surface area contributed by atoms with Crippen molar-refractivity contribution in [3.8, 4) is 0 Å². The summed E-state index contributed by atoms with van der Waals surface area (Å²) in [5.74, 6) is -0.148. The monoisotopic (exact) mass is 501 g/mol. The first-order valence-corrected chi connectivity index (χ1v) is 12.4. The lowest BCUT2D eigenvalue weighted by atomic mass is 10.2. The van der Waals surface area contributed by atoms with Gasteiger partial charge in [0.25, 0.3) is 11.1 Å². The molecule has 0 aliphatic carbocycles. The van der Waals surface area contributed by atoms with Gasteiger partial charge in [-0.2, -0.15) is 0 Å². The summed E-state index contributed by atoms with van der Waals surface area (Å²) in [7, 11) is 0. The first kappa shape index (κ1) is 23.4. The number of nitrogens with one attached hydrogen (secondary N) is 1. The first-order valence-electron chi connectivity index (χ1n) is 11.5. The van der Waals surface area contributed by atoms with Crippen LogP contribution < -0.4 is 22.1 Å². The summed E-state index contributed by atoms with van der Waals surface area (Å²) >= 11 is 1.25. The van der Waals surface area contributed by atoms with Crippen LogP contribution in [0.5, 0.6) is 0 Å². The Kier molecular flexibility index (Phi) is 6.59. The Morgan fingerprint density at radius 2 is 1.78 bits per heavy atom. The Morgan fingerprint density at radius 3 is 2.61 bits per heavy atom. The molecule has 0 unspecified atom stereocenters. The Balaban J connectivity index is 1.37. The van der Waals surface area contributed by atoms with Crippen LogP contribution in [-0.4, -0.2) is 24.4 Å². The Hall–Kier alpha value is -4.31. The number of amides is 1. The van der Waals surface area contributed by atoms with Crippen molar-refractivity contribution in [3.63, 3.8) is 0 Å². The topological polar surface area (TPSA) is 107 Å². The Bertz CT molecular complexity index is 1730. The molecule has 0 saturated heterocycles. The molecule has 5 rings (SSSR count). The highest BCUT2D eigenvalue weighted by Crippen LogP contribution is 2.16. The Labute approximate surface area is 208 Å². The number of thiophene rings is 1. The SMILES string of the molecule is O=C(CCCn1c(=O)c2sccc2n(Cc2cc(=O)n3ccccc3n2)c1=O)NCc1ccccc1. The van der Waals surface area contributed by atoms with Crippen LogP contribution in [0.2, 0.25) is 0 Å². The molecule has 0 spiro atoms. The van der Waals surface area contributed by atoms with Crippen molar-refractivity contribution in [2.24, 2.45) is 0 Å². The molecule has 4 aromatic heterocycles. The molecular formula is C26H23N5O4S. The fraction of sp³-hybridized carbons (Fsp3) is 0.192. The molecule has 0 bridgehead atoms. The van der Waals surface area contributed by atoms with Gasteiger partial charge in [-0.05, 0) is 35.6 Å². The number of nitrogens with zero attached hydrogens (tertiary/aromatic N) is 4. The lowest BCUT2D eigenvalue weighted by Crippen LogP contribution is -2.40. The van der Waals surface area contributed by atoms with E-state index in [0.29, 0.717) is 34.5 Å². The lowest BCUT2D eigenvalue weighted by molar-refractivity contribution is -0.121. The van der Waals surface area contributed by atoms with Gasteiger partial charge in [0.05, 0.1) is 17.8 Å². The third-order valence-electron chi connectivity index (χ3n) is 5.90. The molecule has 1 amide bonds.